The van der Waals surface area contributed by atoms with Crippen LogP contribution in [0.1, 0.15) is 19.7 Å². The molecule has 0 bridgehead atoms. The van der Waals surface area contributed by atoms with Crippen molar-refractivity contribution in [3.63, 3.8) is 0 Å². The summed E-state index contributed by atoms with van der Waals surface area (Å²) in [5, 5.41) is 1.14. The highest BCUT2D eigenvalue weighted by atomic mass is 35.5. The summed E-state index contributed by atoms with van der Waals surface area (Å²) in [6.45, 7) is 6.65. The first-order chi connectivity index (χ1) is 18.9. The maximum Gasteiger partial charge on any atom is 0.266 e. The molecule has 0 unspecified atom stereocenters. The number of amides is 1. The molecule has 1 fully saturated rings. The van der Waals surface area contributed by atoms with Crippen molar-refractivity contribution in [1.29, 1.82) is 0 Å². The summed E-state index contributed by atoms with van der Waals surface area (Å²) in [5.74, 6) is 1.68. The lowest BCUT2D eigenvalue weighted by atomic mass is 10.2. The molecule has 3 heterocycles. The van der Waals surface area contributed by atoms with Crippen LogP contribution in [0.3, 0.4) is 0 Å². The van der Waals surface area contributed by atoms with E-state index in [1.54, 1.807) is 58.3 Å². The number of para-hydroxylation sites is 1. The third-order valence-corrected chi connectivity index (χ3v) is 6.73. The lowest BCUT2D eigenvalue weighted by Gasteiger charge is -2.34. The molecule has 0 atom stereocenters. The van der Waals surface area contributed by atoms with Gasteiger partial charge in [0.15, 0.2) is 6.61 Å². The molecule has 39 heavy (non-hydrogen) atoms. The standard InChI is InChI=1S/C29H30ClN5O4/c1-20(2)39-26-11-12-31-17-25(26)35-27(32-24-6-4-3-5-23(24)29(35)37)18-33-13-15-34(16-14-33)28(36)19-38-22-9-7-21(30)8-10-22/h3-12,17,20H,13-16,18-19H2,1-2H3. The average molecular weight is 548 g/mol. The van der Waals surface area contributed by atoms with Crippen molar-refractivity contribution in [2.45, 2.75) is 26.5 Å². The predicted molar refractivity (Wildman–Crippen MR) is 150 cm³/mol. The van der Waals surface area contributed by atoms with Crippen molar-refractivity contribution in [2.24, 2.45) is 0 Å². The molecule has 1 amide bonds. The zero-order chi connectivity index (χ0) is 27.4. The van der Waals surface area contributed by atoms with Crippen molar-refractivity contribution >= 4 is 28.4 Å². The number of halogens is 1. The summed E-state index contributed by atoms with van der Waals surface area (Å²) < 4.78 is 13.2. The molecule has 10 heteroatoms. The number of hydrogen-bond acceptors (Lipinski definition) is 7. The van der Waals surface area contributed by atoms with E-state index in [0.717, 1.165) is 0 Å². The lowest BCUT2D eigenvalue weighted by molar-refractivity contribution is -0.135. The van der Waals surface area contributed by atoms with Gasteiger partial charge in [0, 0.05) is 43.5 Å². The van der Waals surface area contributed by atoms with Gasteiger partial charge in [-0.1, -0.05) is 23.7 Å². The highest BCUT2D eigenvalue weighted by Crippen LogP contribution is 2.24. The number of rotatable bonds is 8. The second-order valence-corrected chi connectivity index (χ2v) is 10.0. The van der Waals surface area contributed by atoms with E-state index in [1.165, 1.54) is 0 Å². The van der Waals surface area contributed by atoms with Crippen molar-refractivity contribution in [3.8, 4) is 17.2 Å². The minimum Gasteiger partial charge on any atom is -0.489 e. The fraction of sp³-hybridized carbons (Fsp3) is 0.310. The van der Waals surface area contributed by atoms with E-state index in [1.807, 2.05) is 32.0 Å². The molecule has 9 nitrogen and oxygen atoms in total. The maximum atomic E-state index is 13.7. The van der Waals surface area contributed by atoms with E-state index in [4.69, 9.17) is 26.1 Å². The van der Waals surface area contributed by atoms with E-state index in [9.17, 15) is 9.59 Å². The number of fused-ring (bicyclic) bond motifs is 1. The molecule has 202 valence electrons. The number of pyridine rings is 1. The van der Waals surface area contributed by atoms with Crippen LogP contribution in [0.15, 0.2) is 71.8 Å². The van der Waals surface area contributed by atoms with Crippen LogP contribution in [0.5, 0.6) is 11.5 Å². The Balaban J connectivity index is 1.34. The lowest BCUT2D eigenvalue weighted by Crippen LogP contribution is -2.50. The van der Waals surface area contributed by atoms with Gasteiger partial charge in [-0.25, -0.2) is 4.98 Å². The van der Waals surface area contributed by atoms with Gasteiger partial charge in [-0.3, -0.25) is 24.0 Å². The van der Waals surface area contributed by atoms with Crippen LogP contribution < -0.4 is 15.0 Å². The van der Waals surface area contributed by atoms with Crippen LogP contribution in [0, 0.1) is 0 Å². The fourth-order valence-electron chi connectivity index (χ4n) is 4.55. The van der Waals surface area contributed by atoms with Gasteiger partial charge in [0.2, 0.25) is 0 Å². The Hall–Kier alpha value is -3.95. The molecule has 4 aromatic rings. The minimum absolute atomic E-state index is 0.0347. The van der Waals surface area contributed by atoms with Crippen molar-refractivity contribution in [2.75, 3.05) is 32.8 Å². The van der Waals surface area contributed by atoms with Gasteiger partial charge in [0.05, 0.1) is 29.7 Å². The van der Waals surface area contributed by atoms with E-state index in [0.29, 0.717) is 71.7 Å². The first kappa shape index (κ1) is 26.6. The predicted octanol–water partition coefficient (Wildman–Crippen LogP) is 3.94. The third kappa shape index (κ3) is 6.21. The maximum absolute atomic E-state index is 13.7. The van der Waals surface area contributed by atoms with Gasteiger partial charge in [-0.05, 0) is 50.2 Å². The molecular formula is C29H30ClN5O4. The number of aromatic nitrogens is 3. The van der Waals surface area contributed by atoms with Crippen LogP contribution in [-0.2, 0) is 11.3 Å². The van der Waals surface area contributed by atoms with Gasteiger partial charge >= 0.3 is 0 Å². The summed E-state index contributed by atoms with van der Waals surface area (Å²) in [6.07, 6.45) is 3.21. The molecule has 0 saturated carbocycles. The Morgan fingerprint density at radius 2 is 1.77 bits per heavy atom. The Morgan fingerprint density at radius 3 is 2.51 bits per heavy atom. The molecule has 1 aliphatic heterocycles. The summed E-state index contributed by atoms with van der Waals surface area (Å²) in [6, 6.07) is 16.0. The number of piperazine rings is 1. The number of ether oxygens (including phenoxy) is 2. The minimum atomic E-state index is -0.176. The van der Waals surface area contributed by atoms with Crippen LogP contribution in [0.4, 0.5) is 0 Å². The molecular weight excluding hydrogens is 518 g/mol. The van der Waals surface area contributed by atoms with E-state index < -0.39 is 0 Å². The second-order valence-electron chi connectivity index (χ2n) is 9.60. The largest absolute Gasteiger partial charge is 0.489 e. The van der Waals surface area contributed by atoms with E-state index in [2.05, 4.69) is 9.88 Å². The molecule has 0 radical (unpaired) electrons. The molecule has 0 aliphatic carbocycles. The molecule has 1 aliphatic rings. The third-order valence-electron chi connectivity index (χ3n) is 6.48. The summed E-state index contributed by atoms with van der Waals surface area (Å²) in [4.78, 5) is 39.6. The van der Waals surface area contributed by atoms with Gasteiger partial charge < -0.3 is 14.4 Å². The van der Waals surface area contributed by atoms with Crippen molar-refractivity contribution in [3.05, 3.63) is 88.2 Å². The fourth-order valence-corrected chi connectivity index (χ4v) is 4.68. The van der Waals surface area contributed by atoms with E-state index >= 15 is 0 Å². The molecule has 0 spiro atoms. The average Bonchev–Trinajstić information content (AvgIpc) is 2.93. The van der Waals surface area contributed by atoms with Gasteiger partial charge in [-0.15, -0.1) is 0 Å². The highest BCUT2D eigenvalue weighted by molar-refractivity contribution is 6.30. The van der Waals surface area contributed by atoms with E-state index in [-0.39, 0.29) is 24.2 Å². The molecule has 2 aromatic carbocycles. The smallest absolute Gasteiger partial charge is 0.266 e. The highest BCUT2D eigenvalue weighted by Gasteiger charge is 2.24. The number of carbonyl (C=O) groups excluding carboxylic acids is 1. The Morgan fingerprint density at radius 1 is 1.03 bits per heavy atom. The van der Waals surface area contributed by atoms with Crippen LogP contribution in [0.25, 0.3) is 16.6 Å². The first-order valence-electron chi connectivity index (χ1n) is 12.9. The zero-order valence-electron chi connectivity index (χ0n) is 21.9. The summed E-state index contributed by atoms with van der Waals surface area (Å²) in [7, 11) is 0. The number of hydrogen-bond donors (Lipinski definition) is 0. The second kappa shape index (κ2) is 11.8. The molecule has 2 aromatic heterocycles. The Kier molecular flexibility index (Phi) is 8.09. The van der Waals surface area contributed by atoms with Gasteiger partial charge in [-0.2, -0.15) is 0 Å². The van der Waals surface area contributed by atoms with Crippen LogP contribution in [0.2, 0.25) is 5.02 Å². The number of nitrogens with zero attached hydrogens (tertiary/aromatic N) is 5. The summed E-state index contributed by atoms with van der Waals surface area (Å²) >= 11 is 5.91. The van der Waals surface area contributed by atoms with Crippen LogP contribution in [-0.4, -0.2) is 69.1 Å². The Labute approximate surface area is 231 Å². The van der Waals surface area contributed by atoms with Crippen molar-refractivity contribution < 1.29 is 14.3 Å². The normalized spacial score (nSPS) is 14.1. The SMILES string of the molecule is CC(C)Oc1ccncc1-n1c(CN2CCN(C(=O)COc3ccc(Cl)cc3)CC2)nc2ccccc2c1=O. The number of benzene rings is 2. The van der Waals surface area contributed by atoms with Gasteiger partial charge in [0.1, 0.15) is 23.0 Å². The summed E-state index contributed by atoms with van der Waals surface area (Å²) in [5.41, 5.74) is 1.01. The number of carbonyl (C=O) groups is 1. The topological polar surface area (TPSA) is 89.8 Å². The quantitative estimate of drug-likeness (QED) is 0.330. The monoisotopic (exact) mass is 547 g/mol. The van der Waals surface area contributed by atoms with Crippen LogP contribution >= 0.6 is 11.6 Å². The Bertz CT molecular complexity index is 1510. The first-order valence-corrected chi connectivity index (χ1v) is 13.3. The molecule has 1 saturated heterocycles. The molecule has 5 rings (SSSR count). The van der Waals surface area contributed by atoms with Gasteiger partial charge in [0.25, 0.3) is 11.5 Å². The van der Waals surface area contributed by atoms with Crippen molar-refractivity contribution in [1.82, 2.24) is 24.3 Å². The zero-order valence-corrected chi connectivity index (χ0v) is 22.7. The molecule has 0 N–H and O–H groups in total.